The predicted octanol–water partition coefficient (Wildman–Crippen LogP) is 1.16. The minimum atomic E-state index is -0.0236. The number of aliphatic hydroxyl groups excluding tert-OH is 1. The maximum absolute atomic E-state index is 9.25. The highest BCUT2D eigenvalue weighted by molar-refractivity contribution is 6.00. The fourth-order valence-corrected chi connectivity index (χ4v) is 2.21. The lowest BCUT2D eigenvalue weighted by Gasteiger charge is -2.33. The number of aromatic nitrogens is 1. The van der Waals surface area contributed by atoms with Crippen LogP contribution in [0.25, 0.3) is 0 Å². The van der Waals surface area contributed by atoms with Gasteiger partial charge in [-0.05, 0) is 25.0 Å². The van der Waals surface area contributed by atoms with Crippen LogP contribution in [0.3, 0.4) is 0 Å². The molecule has 0 bridgehead atoms. The van der Waals surface area contributed by atoms with Crippen LogP contribution in [-0.4, -0.2) is 40.3 Å². The van der Waals surface area contributed by atoms with Gasteiger partial charge < -0.3 is 20.9 Å². The van der Waals surface area contributed by atoms with Gasteiger partial charge in [-0.3, -0.25) is 4.98 Å². The van der Waals surface area contributed by atoms with Crippen molar-refractivity contribution < 1.29 is 10.3 Å². The Bertz CT molecular complexity index is 419. The minimum Gasteiger partial charge on any atom is -0.409 e. The van der Waals surface area contributed by atoms with E-state index in [1.54, 1.807) is 12.3 Å². The van der Waals surface area contributed by atoms with Gasteiger partial charge in [0.25, 0.3) is 0 Å². The van der Waals surface area contributed by atoms with E-state index < -0.39 is 0 Å². The Kier molecular flexibility index (Phi) is 6.08. The second-order valence-corrected chi connectivity index (χ2v) is 4.24. The lowest BCUT2D eigenvalue weighted by atomic mass is 10.1. The summed E-state index contributed by atoms with van der Waals surface area (Å²) in [5, 5.41) is 21.1. The number of nitrogens with two attached hydrogens (primary N) is 1. The third-order valence-corrected chi connectivity index (χ3v) is 3.17. The molecule has 0 unspecified atom stereocenters. The average Bonchev–Trinajstić information content (AvgIpc) is 2.46. The Morgan fingerprint density at radius 1 is 1.47 bits per heavy atom. The molecule has 1 rings (SSSR count). The SMILES string of the molecule is CCC(CC)N(CCO)c1cccnc1/C(N)=N/O. The second-order valence-electron chi connectivity index (χ2n) is 4.24. The molecule has 0 atom stereocenters. The maximum atomic E-state index is 9.25. The molecule has 1 aromatic heterocycles. The van der Waals surface area contributed by atoms with Crippen LogP contribution in [0.4, 0.5) is 5.69 Å². The lowest BCUT2D eigenvalue weighted by Crippen LogP contribution is -2.38. The Labute approximate surface area is 113 Å². The topological polar surface area (TPSA) is 95.0 Å². The summed E-state index contributed by atoms with van der Waals surface area (Å²) in [5.41, 5.74) is 6.87. The van der Waals surface area contributed by atoms with E-state index in [4.69, 9.17) is 10.9 Å². The molecule has 0 amide bonds. The Hall–Kier alpha value is -1.82. The van der Waals surface area contributed by atoms with Gasteiger partial charge in [0.05, 0.1) is 12.3 Å². The van der Waals surface area contributed by atoms with E-state index in [2.05, 4.69) is 28.9 Å². The summed E-state index contributed by atoms with van der Waals surface area (Å²) < 4.78 is 0. The van der Waals surface area contributed by atoms with Crippen molar-refractivity contribution in [3.8, 4) is 0 Å². The van der Waals surface area contributed by atoms with E-state index in [1.807, 2.05) is 6.07 Å². The van der Waals surface area contributed by atoms with Crippen molar-refractivity contribution >= 4 is 11.5 Å². The zero-order valence-corrected chi connectivity index (χ0v) is 11.5. The van der Waals surface area contributed by atoms with Crippen LogP contribution < -0.4 is 10.6 Å². The van der Waals surface area contributed by atoms with Crippen LogP contribution in [0.1, 0.15) is 32.4 Å². The molecule has 0 aliphatic carbocycles. The molecule has 0 aliphatic rings. The standard InChI is InChI=1S/C13H22N4O2/c1-3-10(4-2)17(8-9-18)11-6-5-7-15-12(11)13(14)16-19/h5-7,10,18-19H,3-4,8-9H2,1-2H3,(H2,14,16). The largest absolute Gasteiger partial charge is 0.409 e. The van der Waals surface area contributed by atoms with Gasteiger partial charge in [-0.2, -0.15) is 0 Å². The Morgan fingerprint density at radius 3 is 2.68 bits per heavy atom. The molecule has 6 heteroatoms. The molecule has 1 heterocycles. The van der Waals surface area contributed by atoms with Crippen molar-refractivity contribution in [2.45, 2.75) is 32.7 Å². The van der Waals surface area contributed by atoms with Crippen molar-refractivity contribution in [3.63, 3.8) is 0 Å². The molecule has 0 fully saturated rings. The zero-order chi connectivity index (χ0) is 14.3. The van der Waals surface area contributed by atoms with Crippen molar-refractivity contribution in [2.24, 2.45) is 10.9 Å². The molecule has 1 aromatic rings. The van der Waals surface area contributed by atoms with Crippen molar-refractivity contribution in [2.75, 3.05) is 18.1 Å². The second kappa shape index (κ2) is 7.58. The number of rotatable bonds is 7. The smallest absolute Gasteiger partial charge is 0.190 e. The molecule has 0 aliphatic heterocycles. The molecule has 106 valence electrons. The number of aliphatic hydroxyl groups is 1. The van der Waals surface area contributed by atoms with E-state index in [0.29, 0.717) is 12.2 Å². The Morgan fingerprint density at radius 2 is 2.16 bits per heavy atom. The third kappa shape index (κ3) is 3.57. The monoisotopic (exact) mass is 266 g/mol. The number of nitrogens with zero attached hydrogens (tertiary/aromatic N) is 3. The fourth-order valence-electron chi connectivity index (χ4n) is 2.21. The van der Waals surface area contributed by atoms with Crippen LogP contribution in [0, 0.1) is 0 Å². The molecule has 6 nitrogen and oxygen atoms in total. The maximum Gasteiger partial charge on any atom is 0.190 e. The van der Waals surface area contributed by atoms with Crippen LogP contribution >= 0.6 is 0 Å². The first-order chi connectivity index (χ1) is 9.19. The summed E-state index contributed by atoms with van der Waals surface area (Å²) in [6.07, 6.45) is 3.49. The summed E-state index contributed by atoms with van der Waals surface area (Å²) in [6, 6.07) is 3.95. The van der Waals surface area contributed by atoms with Gasteiger partial charge in [0.1, 0.15) is 5.69 Å². The highest BCUT2D eigenvalue weighted by atomic mass is 16.4. The van der Waals surface area contributed by atoms with Crippen LogP contribution in [-0.2, 0) is 0 Å². The van der Waals surface area contributed by atoms with E-state index in [0.717, 1.165) is 18.5 Å². The zero-order valence-electron chi connectivity index (χ0n) is 11.5. The molecule has 0 radical (unpaired) electrons. The van der Waals surface area contributed by atoms with Crippen molar-refractivity contribution in [1.29, 1.82) is 0 Å². The first-order valence-corrected chi connectivity index (χ1v) is 6.49. The number of hydrogen-bond acceptors (Lipinski definition) is 5. The van der Waals surface area contributed by atoms with Crippen molar-refractivity contribution in [3.05, 3.63) is 24.0 Å². The van der Waals surface area contributed by atoms with E-state index in [-0.39, 0.29) is 18.5 Å². The third-order valence-electron chi connectivity index (χ3n) is 3.17. The summed E-state index contributed by atoms with van der Waals surface area (Å²) in [6.45, 7) is 4.72. The number of anilines is 1. The minimum absolute atomic E-state index is 0.0236. The predicted molar refractivity (Wildman–Crippen MR) is 75.5 cm³/mol. The number of pyridine rings is 1. The van der Waals surface area contributed by atoms with E-state index >= 15 is 0 Å². The lowest BCUT2D eigenvalue weighted by molar-refractivity contribution is 0.296. The van der Waals surface area contributed by atoms with Gasteiger partial charge in [-0.25, -0.2) is 0 Å². The van der Waals surface area contributed by atoms with Crippen LogP contribution in [0.5, 0.6) is 0 Å². The fraction of sp³-hybridized carbons (Fsp3) is 0.538. The Balaban J connectivity index is 3.22. The van der Waals surface area contributed by atoms with Crippen LogP contribution in [0.15, 0.2) is 23.5 Å². The van der Waals surface area contributed by atoms with Gasteiger partial charge in [0, 0.05) is 18.8 Å². The van der Waals surface area contributed by atoms with E-state index in [1.165, 1.54) is 0 Å². The molecular formula is C13H22N4O2. The summed E-state index contributed by atoms with van der Waals surface area (Å²) >= 11 is 0. The van der Waals surface area contributed by atoms with E-state index in [9.17, 15) is 5.11 Å². The molecule has 0 saturated carbocycles. The molecule has 0 aromatic carbocycles. The van der Waals surface area contributed by atoms with Gasteiger partial charge in [0.15, 0.2) is 5.84 Å². The summed E-state index contributed by atoms with van der Waals surface area (Å²) in [7, 11) is 0. The summed E-state index contributed by atoms with van der Waals surface area (Å²) in [4.78, 5) is 6.22. The average molecular weight is 266 g/mol. The first kappa shape index (κ1) is 15.2. The quantitative estimate of drug-likeness (QED) is 0.298. The summed E-state index contributed by atoms with van der Waals surface area (Å²) in [5.74, 6) is -0.0236. The van der Waals surface area contributed by atoms with Gasteiger partial charge in [-0.1, -0.05) is 19.0 Å². The molecule has 4 N–H and O–H groups in total. The van der Waals surface area contributed by atoms with Crippen LogP contribution in [0.2, 0.25) is 0 Å². The number of oxime groups is 1. The van der Waals surface area contributed by atoms with Gasteiger partial charge >= 0.3 is 0 Å². The molecule has 19 heavy (non-hydrogen) atoms. The number of amidine groups is 1. The van der Waals surface area contributed by atoms with Crippen molar-refractivity contribution in [1.82, 2.24) is 4.98 Å². The normalized spacial score (nSPS) is 11.9. The molecule has 0 spiro atoms. The molecule has 0 saturated heterocycles. The van der Waals surface area contributed by atoms with Gasteiger partial charge in [-0.15, -0.1) is 0 Å². The highest BCUT2D eigenvalue weighted by Crippen LogP contribution is 2.23. The number of hydrogen-bond donors (Lipinski definition) is 3. The first-order valence-electron chi connectivity index (χ1n) is 6.49. The highest BCUT2D eigenvalue weighted by Gasteiger charge is 2.20. The van der Waals surface area contributed by atoms with Gasteiger partial charge in [0.2, 0.25) is 0 Å². The molecular weight excluding hydrogens is 244 g/mol.